The summed E-state index contributed by atoms with van der Waals surface area (Å²) in [5.41, 5.74) is 0. The molecule has 2 fully saturated rings. The van der Waals surface area contributed by atoms with Crippen molar-refractivity contribution in [3.05, 3.63) is 0 Å². The molecule has 0 aromatic rings. The van der Waals surface area contributed by atoms with Crippen LogP contribution in [0, 0.1) is 0 Å². The lowest BCUT2D eigenvalue weighted by atomic mass is 9.96. The average molecular weight is 651 g/mol. The molecule has 0 amide bonds. The summed E-state index contributed by atoms with van der Waals surface area (Å²) in [6, 6.07) is 0. The monoisotopic (exact) mass is 650 g/mol. The van der Waals surface area contributed by atoms with Crippen LogP contribution in [0.1, 0.15) is 105 Å². The van der Waals surface area contributed by atoms with Crippen LogP contribution in [0.25, 0.3) is 0 Å². The van der Waals surface area contributed by atoms with Crippen molar-refractivity contribution in [1.82, 2.24) is 0 Å². The molecular weight excluding hydrogens is 592 g/mol. The average Bonchev–Trinajstić information content (AvgIpc) is 3.00. The SMILES string of the molecule is CCCCCCCCO[C@@H]1[C@@H](O)[C@H](O[C@H]2[C@H](O)[C@@H](O)[C@H](O)O[C@@H]2COC(C)=O)O[C@H](COC(C)=O)[C@@H]1OCCCCCCCC. The number of carbonyl (C=O) groups excluding carboxylic acids is 2. The Bertz CT molecular complexity index is 814. The summed E-state index contributed by atoms with van der Waals surface area (Å²) in [5.74, 6) is -1.16. The summed E-state index contributed by atoms with van der Waals surface area (Å²) in [6.07, 6.45) is -0.648. The van der Waals surface area contributed by atoms with Gasteiger partial charge in [-0.05, 0) is 12.8 Å². The summed E-state index contributed by atoms with van der Waals surface area (Å²) in [4.78, 5) is 23.2. The second-order valence-electron chi connectivity index (χ2n) is 12.0. The minimum absolute atomic E-state index is 0.206. The zero-order chi connectivity index (χ0) is 33.2. The molecule has 13 heteroatoms. The third-order valence-corrected chi connectivity index (χ3v) is 8.08. The molecule has 2 rings (SSSR count). The highest BCUT2D eigenvalue weighted by atomic mass is 16.7. The molecule has 13 nitrogen and oxygen atoms in total. The fourth-order valence-electron chi connectivity index (χ4n) is 5.51. The Morgan fingerprint density at radius 1 is 0.578 bits per heavy atom. The Morgan fingerprint density at radius 3 is 1.56 bits per heavy atom. The van der Waals surface area contributed by atoms with Crippen molar-refractivity contribution in [3.63, 3.8) is 0 Å². The number of esters is 2. The van der Waals surface area contributed by atoms with Crippen LogP contribution in [0.5, 0.6) is 0 Å². The van der Waals surface area contributed by atoms with Crippen molar-refractivity contribution in [2.75, 3.05) is 26.4 Å². The Labute approximate surface area is 267 Å². The first kappa shape index (κ1) is 39.8. The Hall–Kier alpha value is -1.42. The molecule has 0 bridgehead atoms. The molecule has 0 saturated carbocycles. The smallest absolute Gasteiger partial charge is 0.302 e. The first-order chi connectivity index (χ1) is 21.6. The van der Waals surface area contributed by atoms with E-state index in [1.165, 1.54) is 26.7 Å². The number of hydrogen-bond acceptors (Lipinski definition) is 13. The van der Waals surface area contributed by atoms with Crippen molar-refractivity contribution < 1.29 is 63.2 Å². The zero-order valence-electron chi connectivity index (χ0n) is 27.6. The summed E-state index contributed by atoms with van der Waals surface area (Å²) < 4.78 is 40.2. The van der Waals surface area contributed by atoms with Gasteiger partial charge >= 0.3 is 11.9 Å². The first-order valence-electron chi connectivity index (χ1n) is 16.8. The Kier molecular flexibility index (Phi) is 19.6. The quantitative estimate of drug-likeness (QED) is 0.0993. The summed E-state index contributed by atoms with van der Waals surface area (Å²) in [5, 5.41) is 42.7. The molecule has 4 N–H and O–H groups in total. The highest BCUT2D eigenvalue weighted by Crippen LogP contribution is 2.32. The molecule has 0 aliphatic carbocycles. The third-order valence-electron chi connectivity index (χ3n) is 8.08. The number of carbonyl (C=O) groups is 2. The van der Waals surface area contributed by atoms with Gasteiger partial charge in [0.05, 0.1) is 0 Å². The van der Waals surface area contributed by atoms with E-state index in [4.69, 9.17) is 33.2 Å². The van der Waals surface area contributed by atoms with Gasteiger partial charge in [-0.2, -0.15) is 0 Å². The van der Waals surface area contributed by atoms with Gasteiger partial charge in [0.2, 0.25) is 0 Å². The van der Waals surface area contributed by atoms with Crippen LogP contribution in [0.4, 0.5) is 0 Å². The summed E-state index contributed by atoms with van der Waals surface area (Å²) in [6.45, 7) is 6.90. The van der Waals surface area contributed by atoms with Gasteiger partial charge in [-0.3, -0.25) is 9.59 Å². The maximum Gasteiger partial charge on any atom is 0.302 e. The predicted molar refractivity (Wildman–Crippen MR) is 162 cm³/mol. The standard InChI is InChI=1S/C32H58O13/c1-5-7-9-11-13-15-17-39-29-24(20-42-22(4)34)44-32(27(37)30(29)40-18-16-14-12-10-8-6-2)45-28-23(19-41-21(3)33)43-31(38)26(36)25(28)35/h23-32,35-38H,5-20H2,1-4H3/t23-,24-,25-,26-,27-,28-,29+,30-,31-,32+/m1/s1. The Balaban J connectivity index is 2.22. The lowest BCUT2D eigenvalue weighted by molar-refractivity contribution is -0.360. The molecule has 2 aliphatic rings. The van der Waals surface area contributed by atoms with Gasteiger partial charge in [0.25, 0.3) is 0 Å². The molecular formula is C32H58O13. The second kappa shape index (κ2) is 22.2. The second-order valence-corrected chi connectivity index (χ2v) is 12.0. The predicted octanol–water partition coefficient (Wildman–Crippen LogP) is 2.51. The molecule has 2 saturated heterocycles. The van der Waals surface area contributed by atoms with E-state index in [0.717, 1.165) is 64.2 Å². The molecule has 0 spiro atoms. The lowest BCUT2D eigenvalue weighted by Crippen LogP contribution is -2.65. The summed E-state index contributed by atoms with van der Waals surface area (Å²) in [7, 11) is 0. The number of aliphatic hydroxyl groups is 4. The lowest BCUT2D eigenvalue weighted by Gasteiger charge is -2.47. The van der Waals surface area contributed by atoms with Crippen molar-refractivity contribution in [2.24, 2.45) is 0 Å². The molecule has 2 aliphatic heterocycles. The largest absolute Gasteiger partial charge is 0.463 e. The molecule has 45 heavy (non-hydrogen) atoms. The molecule has 10 atom stereocenters. The minimum atomic E-state index is -1.76. The fraction of sp³-hybridized carbons (Fsp3) is 0.938. The highest BCUT2D eigenvalue weighted by molar-refractivity contribution is 5.66. The first-order valence-corrected chi connectivity index (χ1v) is 16.8. The van der Waals surface area contributed by atoms with Crippen LogP contribution in [-0.2, 0) is 42.7 Å². The Morgan fingerprint density at radius 2 is 1.04 bits per heavy atom. The molecule has 2 heterocycles. The van der Waals surface area contributed by atoms with E-state index in [1.807, 2.05) is 0 Å². The van der Waals surface area contributed by atoms with Gasteiger partial charge in [0, 0.05) is 27.1 Å². The van der Waals surface area contributed by atoms with Crippen LogP contribution in [0.3, 0.4) is 0 Å². The van der Waals surface area contributed by atoms with Gasteiger partial charge in [-0.25, -0.2) is 0 Å². The molecule has 264 valence electrons. The molecule has 0 radical (unpaired) electrons. The number of hydrogen-bond donors (Lipinski definition) is 4. The summed E-state index contributed by atoms with van der Waals surface area (Å²) >= 11 is 0. The van der Waals surface area contributed by atoms with Gasteiger partial charge in [-0.1, -0.05) is 78.1 Å². The van der Waals surface area contributed by atoms with E-state index in [1.54, 1.807) is 0 Å². The fourth-order valence-corrected chi connectivity index (χ4v) is 5.51. The van der Waals surface area contributed by atoms with Gasteiger partial charge in [0.1, 0.15) is 62.0 Å². The normalized spacial score (nSPS) is 31.9. The van der Waals surface area contributed by atoms with Crippen LogP contribution in [-0.4, -0.2) is 120 Å². The number of unbranched alkanes of at least 4 members (excludes halogenated alkanes) is 10. The van der Waals surface area contributed by atoms with Crippen LogP contribution < -0.4 is 0 Å². The number of ether oxygens (including phenoxy) is 7. The number of rotatable bonds is 22. The third kappa shape index (κ3) is 14.1. The van der Waals surface area contributed by atoms with Gasteiger partial charge < -0.3 is 53.6 Å². The van der Waals surface area contributed by atoms with E-state index in [9.17, 15) is 30.0 Å². The van der Waals surface area contributed by atoms with E-state index in [0.29, 0.717) is 13.2 Å². The van der Waals surface area contributed by atoms with E-state index < -0.39 is 80.0 Å². The topological polar surface area (TPSA) is 180 Å². The van der Waals surface area contributed by atoms with Crippen molar-refractivity contribution in [3.8, 4) is 0 Å². The van der Waals surface area contributed by atoms with Crippen LogP contribution in [0.15, 0.2) is 0 Å². The maximum atomic E-state index is 11.7. The van der Waals surface area contributed by atoms with E-state index in [-0.39, 0.29) is 6.61 Å². The molecule has 0 aromatic heterocycles. The minimum Gasteiger partial charge on any atom is -0.463 e. The molecule has 0 unspecified atom stereocenters. The zero-order valence-corrected chi connectivity index (χ0v) is 27.6. The number of aliphatic hydroxyl groups excluding tert-OH is 4. The van der Waals surface area contributed by atoms with Crippen molar-refractivity contribution >= 4 is 11.9 Å². The maximum absolute atomic E-state index is 11.7. The van der Waals surface area contributed by atoms with Gasteiger partial charge in [-0.15, -0.1) is 0 Å². The molecule has 0 aromatic carbocycles. The van der Waals surface area contributed by atoms with E-state index >= 15 is 0 Å². The van der Waals surface area contributed by atoms with Crippen molar-refractivity contribution in [2.45, 2.75) is 166 Å². The van der Waals surface area contributed by atoms with E-state index in [2.05, 4.69) is 13.8 Å². The highest BCUT2D eigenvalue weighted by Gasteiger charge is 2.52. The van der Waals surface area contributed by atoms with Crippen molar-refractivity contribution in [1.29, 1.82) is 0 Å². The van der Waals surface area contributed by atoms with Crippen LogP contribution >= 0.6 is 0 Å². The van der Waals surface area contributed by atoms with Crippen LogP contribution in [0.2, 0.25) is 0 Å². The van der Waals surface area contributed by atoms with Gasteiger partial charge in [0.15, 0.2) is 12.6 Å².